The summed E-state index contributed by atoms with van der Waals surface area (Å²) in [6.45, 7) is 7.88. The highest BCUT2D eigenvalue weighted by atomic mass is 127. The Morgan fingerprint density at radius 1 is 1.53 bits per heavy atom. The third-order valence-electron chi connectivity index (χ3n) is 2.05. The van der Waals surface area contributed by atoms with E-state index in [-0.39, 0.29) is 5.75 Å². The van der Waals surface area contributed by atoms with Crippen LogP contribution in [0.5, 0.6) is 11.5 Å². The van der Waals surface area contributed by atoms with Crippen molar-refractivity contribution < 1.29 is 19.6 Å². The van der Waals surface area contributed by atoms with Gasteiger partial charge in [0.15, 0.2) is 12.0 Å². The molecule has 0 saturated carbocycles. The van der Waals surface area contributed by atoms with Crippen molar-refractivity contribution in [2.75, 3.05) is 6.61 Å². The first-order valence-electron chi connectivity index (χ1n) is 5.18. The van der Waals surface area contributed by atoms with Crippen molar-refractivity contribution in [2.45, 2.75) is 20.1 Å². The molecule has 1 atom stereocenters. The van der Waals surface area contributed by atoms with Gasteiger partial charge in [0.05, 0.1) is 3.57 Å². The normalized spacial score (nSPS) is 12.0. The van der Waals surface area contributed by atoms with E-state index in [0.29, 0.717) is 12.4 Å². The predicted octanol–water partition coefficient (Wildman–Crippen LogP) is 3.55. The average molecular weight is 350 g/mol. The number of rotatable bonds is 6. The Bertz CT molecular complexity index is 392. The van der Waals surface area contributed by atoms with Gasteiger partial charge in [-0.05, 0) is 54.1 Å². The zero-order valence-corrected chi connectivity index (χ0v) is 11.9. The lowest BCUT2D eigenvalue weighted by Crippen LogP contribution is -2.17. The number of ether oxygens (including phenoxy) is 2. The molecule has 0 aromatic heterocycles. The van der Waals surface area contributed by atoms with E-state index in [1.807, 2.05) is 13.0 Å². The molecule has 17 heavy (non-hydrogen) atoms. The van der Waals surface area contributed by atoms with Gasteiger partial charge in [0.25, 0.3) is 0 Å². The van der Waals surface area contributed by atoms with Gasteiger partial charge >= 0.3 is 0 Å². The summed E-state index contributed by atoms with van der Waals surface area (Å²) in [7, 11) is 0. The standard InChI is InChI=1S/C12H15IO4/c1-4-9-6-10(13)12(11(7-9)17-14)16-8(3)15-5-2/h4,6-8,14H,1,5H2,2-3H3. The van der Waals surface area contributed by atoms with Crippen LogP contribution in [0.3, 0.4) is 0 Å². The zero-order valence-electron chi connectivity index (χ0n) is 9.77. The quantitative estimate of drug-likeness (QED) is 0.369. The molecule has 0 bridgehead atoms. The van der Waals surface area contributed by atoms with Gasteiger partial charge in [-0.25, -0.2) is 5.26 Å². The van der Waals surface area contributed by atoms with Crippen LogP contribution in [0.25, 0.3) is 6.08 Å². The lowest BCUT2D eigenvalue weighted by atomic mass is 10.2. The number of hydrogen-bond donors (Lipinski definition) is 1. The molecular formula is C12H15IO4. The maximum atomic E-state index is 8.85. The fourth-order valence-corrected chi connectivity index (χ4v) is 2.08. The molecule has 1 aromatic carbocycles. The molecule has 0 aliphatic carbocycles. The van der Waals surface area contributed by atoms with Gasteiger partial charge in [-0.3, -0.25) is 0 Å². The van der Waals surface area contributed by atoms with Gasteiger partial charge in [0.1, 0.15) is 0 Å². The van der Waals surface area contributed by atoms with Gasteiger partial charge in [0, 0.05) is 6.61 Å². The minimum absolute atomic E-state index is 0.248. The SMILES string of the molecule is C=Cc1cc(I)c(OC(C)OCC)c(OO)c1. The molecule has 1 aromatic rings. The third kappa shape index (κ3) is 3.86. The smallest absolute Gasteiger partial charge is 0.208 e. The summed E-state index contributed by atoms with van der Waals surface area (Å²) in [4.78, 5) is 4.31. The molecule has 1 rings (SSSR count). The average Bonchev–Trinajstić information content (AvgIpc) is 2.31. The fraction of sp³-hybridized carbons (Fsp3) is 0.333. The van der Waals surface area contributed by atoms with Crippen LogP contribution in [0.15, 0.2) is 18.7 Å². The Kier molecular flexibility index (Phi) is 5.73. The number of benzene rings is 1. The summed E-state index contributed by atoms with van der Waals surface area (Å²) >= 11 is 2.10. The van der Waals surface area contributed by atoms with E-state index in [9.17, 15) is 0 Å². The van der Waals surface area contributed by atoms with E-state index in [1.165, 1.54) is 0 Å². The molecule has 0 aliphatic rings. The van der Waals surface area contributed by atoms with Crippen molar-refractivity contribution >= 4 is 28.7 Å². The number of halogens is 1. The Hall–Kier alpha value is -0.790. The van der Waals surface area contributed by atoms with Gasteiger partial charge < -0.3 is 14.4 Å². The minimum atomic E-state index is -0.406. The van der Waals surface area contributed by atoms with Crippen LogP contribution in [0.4, 0.5) is 0 Å². The molecule has 0 radical (unpaired) electrons. The Labute approximate surface area is 114 Å². The molecule has 4 nitrogen and oxygen atoms in total. The summed E-state index contributed by atoms with van der Waals surface area (Å²) in [5, 5.41) is 8.85. The molecule has 0 saturated heterocycles. The monoisotopic (exact) mass is 350 g/mol. The highest BCUT2D eigenvalue weighted by Gasteiger charge is 2.15. The van der Waals surface area contributed by atoms with E-state index in [4.69, 9.17) is 14.7 Å². The fourth-order valence-electron chi connectivity index (χ4n) is 1.32. The molecule has 94 valence electrons. The predicted molar refractivity (Wildman–Crippen MR) is 74.2 cm³/mol. The van der Waals surface area contributed by atoms with Crippen molar-refractivity contribution in [2.24, 2.45) is 0 Å². The first-order valence-corrected chi connectivity index (χ1v) is 6.25. The molecule has 0 heterocycles. The Balaban J connectivity index is 3.01. The first kappa shape index (κ1) is 14.3. The van der Waals surface area contributed by atoms with Gasteiger partial charge in [0.2, 0.25) is 5.75 Å². The van der Waals surface area contributed by atoms with Crippen molar-refractivity contribution in [3.05, 3.63) is 27.8 Å². The van der Waals surface area contributed by atoms with Gasteiger partial charge in [-0.1, -0.05) is 12.7 Å². The van der Waals surface area contributed by atoms with Crippen LogP contribution >= 0.6 is 22.6 Å². The second-order valence-electron chi connectivity index (χ2n) is 3.27. The Morgan fingerprint density at radius 2 is 2.24 bits per heavy atom. The van der Waals surface area contributed by atoms with E-state index >= 15 is 0 Å². The minimum Gasteiger partial charge on any atom is -0.460 e. The summed E-state index contributed by atoms with van der Waals surface area (Å²) < 4.78 is 11.6. The molecular weight excluding hydrogens is 335 g/mol. The van der Waals surface area contributed by atoms with Crippen LogP contribution < -0.4 is 9.62 Å². The van der Waals surface area contributed by atoms with E-state index in [0.717, 1.165) is 9.13 Å². The lowest BCUT2D eigenvalue weighted by Gasteiger charge is -2.17. The molecule has 0 spiro atoms. The van der Waals surface area contributed by atoms with Crippen molar-refractivity contribution in [1.29, 1.82) is 0 Å². The van der Waals surface area contributed by atoms with Crippen molar-refractivity contribution in [3.63, 3.8) is 0 Å². The molecule has 5 heteroatoms. The number of hydrogen-bond acceptors (Lipinski definition) is 4. The third-order valence-corrected chi connectivity index (χ3v) is 2.85. The van der Waals surface area contributed by atoms with Crippen LogP contribution in [0.2, 0.25) is 0 Å². The van der Waals surface area contributed by atoms with E-state index in [1.54, 1.807) is 19.1 Å². The van der Waals surface area contributed by atoms with Crippen LogP contribution in [0.1, 0.15) is 19.4 Å². The molecule has 0 amide bonds. The highest BCUT2D eigenvalue weighted by Crippen LogP contribution is 2.34. The van der Waals surface area contributed by atoms with Crippen molar-refractivity contribution in [3.8, 4) is 11.5 Å². The summed E-state index contributed by atoms with van der Waals surface area (Å²) in [5.41, 5.74) is 0.842. The van der Waals surface area contributed by atoms with E-state index in [2.05, 4.69) is 34.1 Å². The molecule has 1 N–H and O–H groups in total. The van der Waals surface area contributed by atoms with Crippen molar-refractivity contribution in [1.82, 2.24) is 0 Å². The Morgan fingerprint density at radius 3 is 2.76 bits per heavy atom. The second-order valence-corrected chi connectivity index (χ2v) is 4.43. The first-order chi connectivity index (χ1) is 8.12. The van der Waals surface area contributed by atoms with Gasteiger partial charge in [-0.2, -0.15) is 0 Å². The largest absolute Gasteiger partial charge is 0.460 e. The molecule has 0 fully saturated rings. The molecule has 1 unspecified atom stereocenters. The summed E-state index contributed by atoms with van der Waals surface area (Å²) in [5.74, 6) is 0.706. The van der Waals surface area contributed by atoms with Crippen LogP contribution in [-0.2, 0) is 4.74 Å². The van der Waals surface area contributed by atoms with Gasteiger partial charge in [-0.15, -0.1) is 0 Å². The maximum absolute atomic E-state index is 8.85. The summed E-state index contributed by atoms with van der Waals surface area (Å²) in [6, 6.07) is 3.52. The zero-order chi connectivity index (χ0) is 12.8. The van der Waals surface area contributed by atoms with Crippen LogP contribution in [0, 0.1) is 3.57 Å². The highest BCUT2D eigenvalue weighted by molar-refractivity contribution is 14.1. The molecule has 0 aliphatic heterocycles. The van der Waals surface area contributed by atoms with Crippen LogP contribution in [-0.4, -0.2) is 18.2 Å². The van der Waals surface area contributed by atoms with E-state index < -0.39 is 6.29 Å². The maximum Gasteiger partial charge on any atom is 0.208 e. The summed E-state index contributed by atoms with van der Waals surface area (Å²) in [6.07, 6.45) is 1.26. The lowest BCUT2D eigenvalue weighted by molar-refractivity contribution is -0.142. The topological polar surface area (TPSA) is 47.9 Å². The second kappa shape index (κ2) is 6.83.